The fourth-order valence-corrected chi connectivity index (χ4v) is 4.08. The molecule has 0 aliphatic carbocycles. The average molecular weight is 352 g/mol. The van der Waals surface area contributed by atoms with Gasteiger partial charge in [-0.3, -0.25) is 9.69 Å². The van der Waals surface area contributed by atoms with E-state index in [0.29, 0.717) is 19.5 Å². The molecule has 0 aromatic heterocycles. The standard InChI is InChI=1S/C19H26F2N2O2/c1-14(24)11-23-13-19(5-4-18(23)25)6-8-22(9-7-19)12-15-2-3-16(20)17(21)10-15/h2-3,10,14,24H,4-9,11-13H2,1H3/t14-/m0/s1. The quantitative estimate of drug-likeness (QED) is 0.906. The molecule has 0 saturated carbocycles. The number of aliphatic hydroxyl groups excluding tert-OH is 1. The first kappa shape index (κ1) is 18.3. The van der Waals surface area contributed by atoms with Gasteiger partial charge in [0.25, 0.3) is 0 Å². The highest BCUT2D eigenvalue weighted by molar-refractivity contribution is 5.77. The molecule has 1 atom stereocenters. The first-order chi connectivity index (χ1) is 11.9. The van der Waals surface area contributed by atoms with Crippen LogP contribution in [0.4, 0.5) is 8.78 Å². The van der Waals surface area contributed by atoms with Crippen LogP contribution in [0.3, 0.4) is 0 Å². The van der Waals surface area contributed by atoms with E-state index in [0.717, 1.165) is 44.5 Å². The number of carbonyl (C=O) groups is 1. The van der Waals surface area contributed by atoms with Crippen LogP contribution in [0.15, 0.2) is 18.2 Å². The summed E-state index contributed by atoms with van der Waals surface area (Å²) < 4.78 is 26.4. The van der Waals surface area contributed by atoms with Crippen molar-refractivity contribution in [1.82, 2.24) is 9.80 Å². The van der Waals surface area contributed by atoms with Gasteiger partial charge in [-0.1, -0.05) is 6.07 Å². The Bertz CT molecular complexity index is 628. The molecule has 2 aliphatic heterocycles. The number of rotatable bonds is 4. The van der Waals surface area contributed by atoms with Crippen molar-refractivity contribution < 1.29 is 18.7 Å². The van der Waals surface area contributed by atoms with Gasteiger partial charge in [-0.15, -0.1) is 0 Å². The third kappa shape index (κ3) is 4.36. The molecule has 2 fully saturated rings. The van der Waals surface area contributed by atoms with E-state index in [1.54, 1.807) is 17.9 Å². The molecule has 6 heteroatoms. The van der Waals surface area contributed by atoms with Gasteiger partial charge in [0.2, 0.25) is 5.91 Å². The average Bonchev–Trinajstić information content (AvgIpc) is 2.56. The molecule has 2 saturated heterocycles. The van der Waals surface area contributed by atoms with Crippen molar-refractivity contribution in [2.75, 3.05) is 26.2 Å². The van der Waals surface area contributed by atoms with Gasteiger partial charge in [0.15, 0.2) is 11.6 Å². The van der Waals surface area contributed by atoms with Gasteiger partial charge < -0.3 is 10.0 Å². The van der Waals surface area contributed by atoms with E-state index < -0.39 is 17.7 Å². The van der Waals surface area contributed by atoms with Crippen LogP contribution in [-0.2, 0) is 11.3 Å². The Morgan fingerprint density at radius 2 is 1.92 bits per heavy atom. The fraction of sp³-hybridized carbons (Fsp3) is 0.632. The zero-order valence-corrected chi connectivity index (χ0v) is 14.7. The molecule has 0 bridgehead atoms. The highest BCUT2D eigenvalue weighted by Crippen LogP contribution is 2.40. The smallest absolute Gasteiger partial charge is 0.222 e. The second kappa shape index (κ2) is 7.38. The SMILES string of the molecule is C[C@H](O)CN1CC2(CCC1=O)CCN(Cc1ccc(F)c(F)c1)CC2. The number of hydrogen-bond donors (Lipinski definition) is 1. The monoisotopic (exact) mass is 352 g/mol. The second-order valence-electron chi connectivity index (χ2n) is 7.65. The summed E-state index contributed by atoms with van der Waals surface area (Å²) in [6.45, 7) is 5.21. The molecule has 3 rings (SSSR count). The molecule has 4 nitrogen and oxygen atoms in total. The van der Waals surface area contributed by atoms with Crippen LogP contribution in [0.1, 0.15) is 38.2 Å². The first-order valence-electron chi connectivity index (χ1n) is 8.99. The van der Waals surface area contributed by atoms with Crippen molar-refractivity contribution in [3.05, 3.63) is 35.4 Å². The third-order valence-electron chi connectivity index (χ3n) is 5.54. The summed E-state index contributed by atoms with van der Waals surface area (Å²) in [7, 11) is 0. The molecule has 1 N–H and O–H groups in total. The maximum Gasteiger partial charge on any atom is 0.222 e. The summed E-state index contributed by atoms with van der Waals surface area (Å²) in [6, 6.07) is 4.08. The van der Waals surface area contributed by atoms with Crippen LogP contribution in [0.2, 0.25) is 0 Å². The molecule has 0 unspecified atom stereocenters. The van der Waals surface area contributed by atoms with Crippen LogP contribution in [0.5, 0.6) is 0 Å². The molecule has 1 amide bonds. The molecule has 1 aromatic rings. The molecular weight excluding hydrogens is 326 g/mol. The van der Waals surface area contributed by atoms with E-state index >= 15 is 0 Å². The zero-order valence-electron chi connectivity index (χ0n) is 14.7. The summed E-state index contributed by atoms with van der Waals surface area (Å²) in [6.07, 6.45) is 2.92. The van der Waals surface area contributed by atoms with E-state index in [-0.39, 0.29) is 11.3 Å². The van der Waals surface area contributed by atoms with Crippen LogP contribution < -0.4 is 0 Å². The normalized spacial score (nSPS) is 22.4. The molecule has 1 spiro atoms. The molecule has 138 valence electrons. The number of carbonyl (C=O) groups excluding carboxylic acids is 1. The van der Waals surface area contributed by atoms with Crippen molar-refractivity contribution in [2.45, 2.75) is 45.3 Å². The van der Waals surface area contributed by atoms with Gasteiger partial charge in [-0.05, 0) is 62.4 Å². The van der Waals surface area contributed by atoms with Crippen molar-refractivity contribution in [3.63, 3.8) is 0 Å². The first-order valence-corrected chi connectivity index (χ1v) is 8.99. The Morgan fingerprint density at radius 3 is 2.56 bits per heavy atom. The van der Waals surface area contributed by atoms with E-state index in [1.165, 1.54) is 12.1 Å². The van der Waals surface area contributed by atoms with Crippen molar-refractivity contribution in [3.8, 4) is 0 Å². The maximum absolute atomic E-state index is 13.4. The number of likely N-dealkylation sites (tertiary alicyclic amines) is 2. The van der Waals surface area contributed by atoms with E-state index in [4.69, 9.17) is 0 Å². The van der Waals surface area contributed by atoms with Gasteiger partial charge in [-0.25, -0.2) is 8.78 Å². The number of hydrogen-bond acceptors (Lipinski definition) is 3. The van der Waals surface area contributed by atoms with E-state index in [9.17, 15) is 18.7 Å². The van der Waals surface area contributed by atoms with Crippen LogP contribution in [0, 0.1) is 17.0 Å². The van der Waals surface area contributed by atoms with E-state index in [2.05, 4.69) is 4.90 Å². The topological polar surface area (TPSA) is 43.8 Å². The lowest BCUT2D eigenvalue weighted by Gasteiger charge is -2.47. The van der Waals surface area contributed by atoms with Crippen molar-refractivity contribution in [2.24, 2.45) is 5.41 Å². The highest BCUT2D eigenvalue weighted by atomic mass is 19.2. The number of amides is 1. The lowest BCUT2D eigenvalue weighted by molar-refractivity contribution is -0.140. The Morgan fingerprint density at radius 1 is 1.20 bits per heavy atom. The number of halogens is 2. The Hall–Kier alpha value is -1.53. The summed E-state index contributed by atoms with van der Waals surface area (Å²) in [5.74, 6) is -1.48. The largest absolute Gasteiger partial charge is 0.392 e. The predicted molar refractivity (Wildman–Crippen MR) is 90.8 cm³/mol. The van der Waals surface area contributed by atoms with Gasteiger partial charge in [0.1, 0.15) is 0 Å². The Labute approximate surface area is 147 Å². The minimum Gasteiger partial charge on any atom is -0.392 e. The number of β-amino-alcohol motifs (C(OH)–C–C–N with tert-alkyl or cyclic N) is 1. The maximum atomic E-state index is 13.4. The predicted octanol–water partition coefficient (Wildman–Crippen LogP) is 2.55. The summed E-state index contributed by atoms with van der Waals surface area (Å²) in [5.41, 5.74) is 0.914. The lowest BCUT2D eigenvalue weighted by atomic mass is 9.72. The molecule has 25 heavy (non-hydrogen) atoms. The highest BCUT2D eigenvalue weighted by Gasteiger charge is 2.41. The van der Waals surface area contributed by atoms with Crippen LogP contribution in [0.25, 0.3) is 0 Å². The van der Waals surface area contributed by atoms with Crippen molar-refractivity contribution >= 4 is 5.91 Å². The minimum atomic E-state index is -0.813. The second-order valence-corrected chi connectivity index (χ2v) is 7.65. The Kier molecular flexibility index (Phi) is 5.39. The van der Waals surface area contributed by atoms with Gasteiger partial charge in [0, 0.05) is 26.1 Å². The lowest BCUT2D eigenvalue weighted by Crippen LogP contribution is -2.52. The molecule has 0 radical (unpaired) electrons. The number of nitrogens with zero attached hydrogens (tertiary/aromatic N) is 2. The molecular formula is C19H26F2N2O2. The molecule has 2 aliphatic rings. The third-order valence-corrected chi connectivity index (χ3v) is 5.54. The fourth-order valence-electron chi connectivity index (χ4n) is 4.08. The zero-order chi connectivity index (χ0) is 18.0. The summed E-state index contributed by atoms with van der Waals surface area (Å²) in [4.78, 5) is 16.1. The van der Waals surface area contributed by atoms with Crippen LogP contribution >= 0.6 is 0 Å². The number of aliphatic hydroxyl groups is 1. The van der Waals surface area contributed by atoms with Crippen LogP contribution in [-0.4, -0.2) is 53.1 Å². The van der Waals surface area contributed by atoms with Crippen molar-refractivity contribution in [1.29, 1.82) is 0 Å². The van der Waals surface area contributed by atoms with E-state index in [1.807, 2.05) is 0 Å². The minimum absolute atomic E-state index is 0.132. The number of benzene rings is 1. The van der Waals surface area contributed by atoms with Gasteiger partial charge in [-0.2, -0.15) is 0 Å². The number of piperidine rings is 2. The Balaban J connectivity index is 1.57. The van der Waals surface area contributed by atoms with Gasteiger partial charge >= 0.3 is 0 Å². The molecule has 1 aromatic carbocycles. The summed E-state index contributed by atoms with van der Waals surface area (Å²) >= 11 is 0. The van der Waals surface area contributed by atoms with Gasteiger partial charge in [0.05, 0.1) is 6.10 Å². The molecule has 2 heterocycles. The summed E-state index contributed by atoms with van der Waals surface area (Å²) in [5, 5.41) is 9.60.